The van der Waals surface area contributed by atoms with E-state index in [0.29, 0.717) is 30.1 Å². The topological polar surface area (TPSA) is 80.8 Å². The highest BCUT2D eigenvalue weighted by molar-refractivity contribution is 5.60. The van der Waals surface area contributed by atoms with Crippen molar-refractivity contribution >= 4 is 17.3 Å². The van der Waals surface area contributed by atoms with Crippen LogP contribution in [-0.4, -0.2) is 68.5 Å². The van der Waals surface area contributed by atoms with E-state index in [1.165, 1.54) is 0 Å². The van der Waals surface area contributed by atoms with Crippen LogP contribution in [0, 0.1) is 5.92 Å². The number of morpholine rings is 1. The molecule has 8 nitrogen and oxygen atoms in total. The highest BCUT2D eigenvalue weighted by atomic mass is 19.3. The second kappa shape index (κ2) is 11.8. The van der Waals surface area contributed by atoms with Gasteiger partial charge in [-0.15, -0.1) is 0 Å². The van der Waals surface area contributed by atoms with Gasteiger partial charge in [-0.1, -0.05) is 0 Å². The summed E-state index contributed by atoms with van der Waals surface area (Å²) in [5.74, 6) is -1.05. The fourth-order valence-electron chi connectivity index (χ4n) is 4.42. The van der Waals surface area contributed by atoms with E-state index in [9.17, 15) is 8.78 Å². The largest absolute Gasteiger partial charge is 0.490 e. The Morgan fingerprint density at radius 3 is 2.49 bits per heavy atom. The highest BCUT2D eigenvalue weighted by Crippen LogP contribution is 2.30. The van der Waals surface area contributed by atoms with Gasteiger partial charge in [0.05, 0.1) is 39.7 Å². The second-order valence-electron chi connectivity index (χ2n) is 9.32. The van der Waals surface area contributed by atoms with Gasteiger partial charge in [0.2, 0.25) is 5.95 Å². The number of rotatable bonds is 10. The fraction of sp³-hybridized carbons (Fsp3) is 0.600. The van der Waals surface area contributed by atoms with Crippen molar-refractivity contribution in [3.8, 4) is 11.6 Å². The molecule has 2 fully saturated rings. The van der Waals surface area contributed by atoms with Gasteiger partial charge in [0.15, 0.2) is 5.75 Å². The number of benzene rings is 1. The molecule has 4 rings (SSSR count). The summed E-state index contributed by atoms with van der Waals surface area (Å²) in [6.45, 7) is 4.44. The molecule has 2 heterocycles. The van der Waals surface area contributed by atoms with Gasteiger partial charge in [-0.2, -0.15) is 4.98 Å². The lowest BCUT2D eigenvalue weighted by Gasteiger charge is -2.29. The lowest BCUT2D eigenvalue weighted by Crippen LogP contribution is -2.40. The Kier molecular flexibility index (Phi) is 8.56. The van der Waals surface area contributed by atoms with E-state index in [1.807, 2.05) is 12.1 Å². The fourth-order valence-corrected chi connectivity index (χ4v) is 4.42. The smallest absolute Gasteiger partial charge is 0.262 e. The Hall–Kier alpha value is -2.72. The quantitative estimate of drug-likeness (QED) is 0.511. The van der Waals surface area contributed by atoms with Crippen molar-refractivity contribution in [2.75, 3.05) is 56.8 Å². The lowest BCUT2D eigenvalue weighted by molar-refractivity contribution is 0.0177. The molecule has 1 aliphatic heterocycles. The molecule has 2 N–H and O–H groups in total. The van der Waals surface area contributed by atoms with Gasteiger partial charge in [-0.25, -0.2) is 13.8 Å². The Morgan fingerprint density at radius 1 is 1.11 bits per heavy atom. The number of hydrogen-bond acceptors (Lipinski definition) is 8. The van der Waals surface area contributed by atoms with E-state index in [0.717, 1.165) is 70.3 Å². The van der Waals surface area contributed by atoms with Crippen LogP contribution in [0.1, 0.15) is 32.6 Å². The first kappa shape index (κ1) is 25.4. The molecule has 0 atom stereocenters. The van der Waals surface area contributed by atoms with Crippen LogP contribution < -0.4 is 25.0 Å². The molecular weight excluding hydrogens is 456 g/mol. The van der Waals surface area contributed by atoms with Crippen LogP contribution in [0.2, 0.25) is 0 Å². The zero-order valence-corrected chi connectivity index (χ0v) is 20.4. The molecule has 10 heteroatoms. The van der Waals surface area contributed by atoms with Crippen LogP contribution in [0.3, 0.4) is 0 Å². The molecule has 1 aromatic heterocycles. The number of anilines is 3. The molecule has 2 aliphatic rings. The van der Waals surface area contributed by atoms with Crippen LogP contribution in [0.4, 0.5) is 26.1 Å². The first-order valence-electron chi connectivity index (χ1n) is 12.2. The van der Waals surface area contributed by atoms with Gasteiger partial charge in [0.25, 0.3) is 11.8 Å². The molecule has 192 valence electrons. The minimum atomic E-state index is -2.68. The van der Waals surface area contributed by atoms with Crippen LogP contribution in [0.25, 0.3) is 0 Å². The summed E-state index contributed by atoms with van der Waals surface area (Å²) in [5, 5.41) is 6.20. The van der Waals surface area contributed by atoms with Gasteiger partial charge < -0.3 is 29.7 Å². The predicted octanol–water partition coefficient (Wildman–Crippen LogP) is 4.25. The Balaban J connectivity index is 1.29. The molecule has 0 spiro atoms. The van der Waals surface area contributed by atoms with Crippen molar-refractivity contribution in [1.29, 1.82) is 0 Å². The number of alkyl halides is 2. The molecular formula is C25H35F2N5O3. The summed E-state index contributed by atoms with van der Waals surface area (Å²) < 4.78 is 43.0. The van der Waals surface area contributed by atoms with Crippen molar-refractivity contribution in [2.45, 2.75) is 44.6 Å². The average molecular weight is 492 g/mol. The molecule has 35 heavy (non-hydrogen) atoms. The van der Waals surface area contributed by atoms with Gasteiger partial charge in [-0.05, 0) is 55.9 Å². The zero-order valence-electron chi connectivity index (χ0n) is 20.4. The summed E-state index contributed by atoms with van der Waals surface area (Å²) in [4.78, 5) is 11.2. The van der Waals surface area contributed by atoms with Crippen LogP contribution in [0.5, 0.6) is 11.6 Å². The van der Waals surface area contributed by atoms with E-state index in [2.05, 4.69) is 37.6 Å². The maximum atomic E-state index is 13.1. The summed E-state index contributed by atoms with van der Waals surface area (Å²) >= 11 is 0. The van der Waals surface area contributed by atoms with Crippen molar-refractivity contribution in [2.24, 2.45) is 5.92 Å². The van der Waals surface area contributed by atoms with Crippen LogP contribution >= 0.6 is 0 Å². The van der Waals surface area contributed by atoms with E-state index in [4.69, 9.17) is 14.2 Å². The molecule has 0 unspecified atom stereocenters. The molecule has 1 saturated heterocycles. The predicted molar refractivity (Wildman–Crippen MR) is 131 cm³/mol. The third-order valence-electron chi connectivity index (χ3n) is 6.45. The summed E-state index contributed by atoms with van der Waals surface area (Å²) in [6.07, 6.45) is 5.15. The monoisotopic (exact) mass is 491 g/mol. The van der Waals surface area contributed by atoms with E-state index < -0.39 is 5.92 Å². The normalized spacial score (nSPS) is 21.0. The van der Waals surface area contributed by atoms with Gasteiger partial charge in [-0.3, -0.25) is 0 Å². The van der Waals surface area contributed by atoms with Gasteiger partial charge in [0, 0.05) is 37.4 Å². The second-order valence-corrected chi connectivity index (χ2v) is 9.32. The van der Waals surface area contributed by atoms with Gasteiger partial charge >= 0.3 is 0 Å². The number of nitrogens with zero attached hydrogens (tertiary/aromatic N) is 3. The van der Waals surface area contributed by atoms with E-state index >= 15 is 0 Å². The van der Waals surface area contributed by atoms with Crippen molar-refractivity contribution in [3.05, 3.63) is 30.5 Å². The first-order chi connectivity index (χ1) is 16.9. The lowest BCUT2D eigenvalue weighted by atomic mass is 9.86. The number of aromatic nitrogens is 2. The maximum absolute atomic E-state index is 13.1. The average Bonchev–Trinajstić information content (AvgIpc) is 2.87. The Labute approximate surface area is 205 Å². The molecule has 0 amide bonds. The Bertz CT molecular complexity index is 928. The highest BCUT2D eigenvalue weighted by Gasteiger charge is 2.26. The number of nitrogens with one attached hydrogen (secondary N) is 2. The number of hydrogen-bond donors (Lipinski definition) is 2. The minimum Gasteiger partial charge on any atom is -0.490 e. The SMILES string of the molecule is COc1cnc(Nc2ccc(N3CCOCC3)cc2)nc1OC[C@H]1CC[C@H](NCC(C)(F)F)CC1. The van der Waals surface area contributed by atoms with Crippen molar-refractivity contribution in [1.82, 2.24) is 15.3 Å². The number of ether oxygens (including phenoxy) is 3. The molecule has 2 aromatic rings. The van der Waals surface area contributed by atoms with Crippen molar-refractivity contribution in [3.63, 3.8) is 0 Å². The molecule has 0 radical (unpaired) electrons. The minimum absolute atomic E-state index is 0.135. The van der Waals surface area contributed by atoms with Crippen LogP contribution in [-0.2, 0) is 4.74 Å². The summed E-state index contributed by atoms with van der Waals surface area (Å²) in [5.41, 5.74) is 2.04. The summed E-state index contributed by atoms with van der Waals surface area (Å²) in [7, 11) is 1.56. The Morgan fingerprint density at radius 2 is 1.83 bits per heavy atom. The molecule has 0 bridgehead atoms. The third kappa shape index (κ3) is 7.63. The molecule has 1 aliphatic carbocycles. The van der Waals surface area contributed by atoms with E-state index in [-0.39, 0.29) is 12.6 Å². The number of halogens is 2. The third-order valence-corrected chi connectivity index (χ3v) is 6.45. The maximum Gasteiger partial charge on any atom is 0.262 e. The van der Waals surface area contributed by atoms with Gasteiger partial charge in [0.1, 0.15) is 0 Å². The molecule has 1 aromatic carbocycles. The number of methoxy groups -OCH3 is 1. The first-order valence-corrected chi connectivity index (χ1v) is 12.2. The molecule has 1 saturated carbocycles. The zero-order chi connectivity index (χ0) is 24.7. The summed E-state index contributed by atoms with van der Waals surface area (Å²) in [6, 6.07) is 8.28. The standard InChI is InChI=1S/C25H35F2N5O3/c1-25(26,27)17-29-19-5-3-18(4-6-19)16-35-23-22(33-2)15-28-24(31-23)30-20-7-9-21(10-8-20)32-11-13-34-14-12-32/h7-10,15,18-19,29H,3-6,11-14,16-17H2,1-2H3,(H,28,30,31)/t18-,19-. The van der Waals surface area contributed by atoms with Crippen molar-refractivity contribution < 1.29 is 23.0 Å². The van der Waals surface area contributed by atoms with E-state index in [1.54, 1.807) is 13.3 Å². The van der Waals surface area contributed by atoms with Crippen LogP contribution in [0.15, 0.2) is 30.5 Å².